The number of benzene rings is 2. The molecule has 130 valence electrons. The third kappa shape index (κ3) is 4.38. The number of nitrogens with one attached hydrogen (secondary N) is 1. The summed E-state index contributed by atoms with van der Waals surface area (Å²) < 4.78 is 0. The minimum absolute atomic E-state index is 0.00422. The summed E-state index contributed by atoms with van der Waals surface area (Å²) in [5.41, 5.74) is 1.97. The summed E-state index contributed by atoms with van der Waals surface area (Å²) in [5, 5.41) is 12.2. The van der Waals surface area contributed by atoms with Crippen LogP contribution in [-0.2, 0) is 16.0 Å². The predicted molar refractivity (Wildman–Crippen MR) is 96.3 cm³/mol. The lowest BCUT2D eigenvalue weighted by molar-refractivity contribution is -0.126. The van der Waals surface area contributed by atoms with Gasteiger partial charge in [0.15, 0.2) is 0 Å². The Hall–Kier alpha value is -2.82. The van der Waals surface area contributed by atoms with Gasteiger partial charge in [0.25, 0.3) is 0 Å². The van der Waals surface area contributed by atoms with Crippen LogP contribution in [0.3, 0.4) is 0 Å². The van der Waals surface area contributed by atoms with E-state index in [1.165, 1.54) is 0 Å². The fourth-order valence-electron chi connectivity index (χ4n) is 3.05. The van der Waals surface area contributed by atoms with Crippen molar-refractivity contribution in [3.8, 4) is 5.75 Å². The monoisotopic (exact) mass is 338 g/mol. The number of aromatic hydroxyl groups is 1. The second-order valence-electron chi connectivity index (χ2n) is 6.30. The van der Waals surface area contributed by atoms with Gasteiger partial charge in [0.2, 0.25) is 11.8 Å². The Morgan fingerprint density at radius 3 is 2.56 bits per heavy atom. The molecule has 2 amide bonds. The van der Waals surface area contributed by atoms with E-state index in [-0.39, 0.29) is 29.9 Å². The average molecular weight is 338 g/mol. The first kappa shape index (κ1) is 17.0. The second-order valence-corrected chi connectivity index (χ2v) is 6.30. The lowest BCUT2D eigenvalue weighted by Gasteiger charge is -2.16. The predicted octanol–water partition coefficient (Wildman–Crippen LogP) is 2.49. The smallest absolute Gasteiger partial charge is 0.227 e. The van der Waals surface area contributed by atoms with E-state index in [0.717, 1.165) is 24.1 Å². The average Bonchev–Trinajstić information content (AvgIpc) is 3.03. The minimum atomic E-state index is -0.290. The first-order chi connectivity index (χ1) is 12.1. The van der Waals surface area contributed by atoms with E-state index in [1.807, 2.05) is 42.5 Å². The number of aryl methyl sites for hydroxylation is 1. The molecule has 3 rings (SSSR count). The molecule has 5 heteroatoms. The molecule has 1 aliphatic heterocycles. The maximum atomic E-state index is 12.3. The third-order valence-electron chi connectivity index (χ3n) is 4.44. The number of nitrogens with zero attached hydrogens (tertiary/aromatic N) is 1. The molecule has 1 unspecified atom stereocenters. The van der Waals surface area contributed by atoms with Crippen LogP contribution in [0.2, 0.25) is 0 Å². The summed E-state index contributed by atoms with van der Waals surface area (Å²) >= 11 is 0. The molecule has 25 heavy (non-hydrogen) atoms. The van der Waals surface area contributed by atoms with Gasteiger partial charge in [-0.15, -0.1) is 0 Å². The van der Waals surface area contributed by atoms with Gasteiger partial charge >= 0.3 is 0 Å². The van der Waals surface area contributed by atoms with E-state index >= 15 is 0 Å². The number of phenols is 1. The highest BCUT2D eigenvalue weighted by Gasteiger charge is 2.34. The van der Waals surface area contributed by atoms with Crippen molar-refractivity contribution >= 4 is 17.5 Å². The molecule has 1 heterocycles. The Balaban J connectivity index is 1.44. The van der Waals surface area contributed by atoms with E-state index in [0.29, 0.717) is 13.1 Å². The molecule has 0 bridgehead atoms. The molecule has 1 saturated heterocycles. The number of anilines is 1. The summed E-state index contributed by atoms with van der Waals surface area (Å²) in [7, 11) is 0. The molecule has 2 N–H and O–H groups in total. The van der Waals surface area contributed by atoms with Gasteiger partial charge in [0.1, 0.15) is 5.75 Å². The Labute approximate surface area is 147 Å². The number of para-hydroxylation sites is 1. The van der Waals surface area contributed by atoms with Crippen LogP contribution in [0.25, 0.3) is 0 Å². The molecule has 2 aromatic carbocycles. The van der Waals surface area contributed by atoms with Crippen LogP contribution >= 0.6 is 0 Å². The molecule has 0 saturated carbocycles. The molecule has 1 fully saturated rings. The van der Waals surface area contributed by atoms with Crippen molar-refractivity contribution in [1.82, 2.24) is 5.32 Å². The Bertz CT molecular complexity index is 728. The topological polar surface area (TPSA) is 69.6 Å². The Morgan fingerprint density at radius 2 is 1.84 bits per heavy atom. The van der Waals surface area contributed by atoms with Gasteiger partial charge in [-0.3, -0.25) is 9.59 Å². The number of hydrogen-bond donors (Lipinski definition) is 2. The highest BCUT2D eigenvalue weighted by Crippen LogP contribution is 2.24. The van der Waals surface area contributed by atoms with Crippen molar-refractivity contribution in [1.29, 1.82) is 0 Å². The van der Waals surface area contributed by atoms with Gasteiger partial charge in [-0.05, 0) is 42.7 Å². The largest absolute Gasteiger partial charge is 0.508 e. The molecule has 2 aromatic rings. The van der Waals surface area contributed by atoms with Crippen LogP contribution in [0, 0.1) is 5.92 Å². The van der Waals surface area contributed by atoms with Crippen molar-refractivity contribution in [2.45, 2.75) is 19.3 Å². The zero-order valence-electron chi connectivity index (χ0n) is 14.0. The van der Waals surface area contributed by atoms with Crippen molar-refractivity contribution < 1.29 is 14.7 Å². The van der Waals surface area contributed by atoms with Gasteiger partial charge in [-0.25, -0.2) is 0 Å². The lowest BCUT2D eigenvalue weighted by atomic mass is 10.1. The number of hydrogen-bond acceptors (Lipinski definition) is 3. The fourth-order valence-corrected chi connectivity index (χ4v) is 3.05. The van der Waals surface area contributed by atoms with Gasteiger partial charge in [-0.2, -0.15) is 0 Å². The molecule has 0 spiro atoms. The number of phenolic OH excluding ortho intramolecular Hbond substituents is 1. The van der Waals surface area contributed by atoms with Gasteiger partial charge in [0, 0.05) is 25.2 Å². The summed E-state index contributed by atoms with van der Waals surface area (Å²) in [6, 6.07) is 16.5. The number of amides is 2. The van der Waals surface area contributed by atoms with Gasteiger partial charge in [0.05, 0.1) is 5.92 Å². The number of rotatable bonds is 6. The molecule has 1 atom stereocenters. The van der Waals surface area contributed by atoms with E-state index in [9.17, 15) is 14.7 Å². The maximum Gasteiger partial charge on any atom is 0.227 e. The molecule has 5 nitrogen and oxygen atoms in total. The molecule has 1 aliphatic rings. The molecule has 0 aromatic heterocycles. The summed E-state index contributed by atoms with van der Waals surface area (Å²) in [4.78, 5) is 26.1. The van der Waals surface area contributed by atoms with E-state index < -0.39 is 0 Å². The minimum Gasteiger partial charge on any atom is -0.508 e. The molecular formula is C20H22N2O3. The summed E-state index contributed by atoms with van der Waals surface area (Å²) in [6.07, 6.45) is 1.92. The highest BCUT2D eigenvalue weighted by atomic mass is 16.3. The lowest BCUT2D eigenvalue weighted by Crippen LogP contribution is -2.33. The first-order valence-corrected chi connectivity index (χ1v) is 8.54. The van der Waals surface area contributed by atoms with Crippen molar-refractivity contribution in [3.05, 3.63) is 60.2 Å². The molecule has 0 radical (unpaired) electrons. The van der Waals surface area contributed by atoms with Crippen molar-refractivity contribution in [3.63, 3.8) is 0 Å². The quantitative estimate of drug-likeness (QED) is 0.795. The normalized spacial score (nSPS) is 16.9. The SMILES string of the molecule is O=C(NCCCc1ccc(O)cc1)C1CC(=O)N(c2ccccc2)C1. The van der Waals surface area contributed by atoms with E-state index in [4.69, 9.17) is 0 Å². The summed E-state index contributed by atoms with van der Waals surface area (Å²) in [6.45, 7) is 1.02. The van der Waals surface area contributed by atoms with Crippen LogP contribution in [0.4, 0.5) is 5.69 Å². The Morgan fingerprint density at radius 1 is 1.12 bits per heavy atom. The van der Waals surface area contributed by atoms with E-state index in [2.05, 4.69) is 5.32 Å². The van der Waals surface area contributed by atoms with Crippen LogP contribution in [0.15, 0.2) is 54.6 Å². The van der Waals surface area contributed by atoms with Gasteiger partial charge < -0.3 is 15.3 Å². The highest BCUT2D eigenvalue weighted by molar-refractivity contribution is 6.00. The fraction of sp³-hybridized carbons (Fsp3) is 0.300. The molecular weight excluding hydrogens is 316 g/mol. The van der Waals surface area contributed by atoms with Crippen LogP contribution in [-0.4, -0.2) is 30.0 Å². The number of carbonyl (C=O) groups excluding carboxylic acids is 2. The van der Waals surface area contributed by atoms with Crippen molar-refractivity contribution in [2.75, 3.05) is 18.0 Å². The zero-order valence-corrected chi connectivity index (χ0v) is 14.0. The van der Waals surface area contributed by atoms with Crippen molar-refractivity contribution in [2.24, 2.45) is 5.92 Å². The van der Waals surface area contributed by atoms with Crippen LogP contribution in [0.5, 0.6) is 5.75 Å². The standard InChI is InChI=1S/C20H22N2O3/c23-18-10-8-15(9-11-18)5-4-12-21-20(25)16-13-19(24)22(14-16)17-6-2-1-3-7-17/h1-3,6-11,16,23H,4-5,12-14H2,(H,21,25). The molecule has 0 aliphatic carbocycles. The summed E-state index contributed by atoms with van der Waals surface area (Å²) in [5.74, 6) is -0.0970. The maximum absolute atomic E-state index is 12.3. The van der Waals surface area contributed by atoms with E-state index in [1.54, 1.807) is 17.0 Å². The second kappa shape index (κ2) is 7.83. The van der Waals surface area contributed by atoms with Crippen LogP contribution in [0.1, 0.15) is 18.4 Å². The van der Waals surface area contributed by atoms with Crippen LogP contribution < -0.4 is 10.2 Å². The Kier molecular flexibility index (Phi) is 5.33. The zero-order chi connectivity index (χ0) is 17.6. The number of carbonyl (C=O) groups is 2. The van der Waals surface area contributed by atoms with Gasteiger partial charge in [-0.1, -0.05) is 30.3 Å². The third-order valence-corrected chi connectivity index (χ3v) is 4.44. The first-order valence-electron chi connectivity index (χ1n) is 8.54.